The van der Waals surface area contributed by atoms with Crippen molar-refractivity contribution in [1.29, 1.82) is 0 Å². The van der Waals surface area contributed by atoms with Gasteiger partial charge in [-0.1, -0.05) is 20.3 Å². The summed E-state index contributed by atoms with van der Waals surface area (Å²) in [6, 6.07) is 0. The summed E-state index contributed by atoms with van der Waals surface area (Å²) in [5.41, 5.74) is 0. The Balaban J connectivity index is 2.04. The zero-order chi connectivity index (χ0) is 12.0. The summed E-state index contributed by atoms with van der Waals surface area (Å²) in [5, 5.41) is 15.6. The molecule has 1 aliphatic carbocycles. The fraction of sp³-hybridized carbons (Fsp3) is 0.917. The minimum absolute atomic E-state index is 0.0428. The smallest absolute Gasteiger partial charge is 0.233 e. The first-order chi connectivity index (χ1) is 7.59. The van der Waals surface area contributed by atoms with E-state index in [4.69, 9.17) is 0 Å². The standard InChI is InChI=1S/C12H24N2O2/c1-9(2)6-14-12(16)8-13-7-10-4-3-5-11(10)15/h9-11,13,15H,3-8H2,1-2H3,(H,14,16). The molecule has 0 aromatic heterocycles. The Hall–Kier alpha value is -0.610. The van der Waals surface area contributed by atoms with Crippen LogP contribution >= 0.6 is 0 Å². The molecule has 1 amide bonds. The van der Waals surface area contributed by atoms with Gasteiger partial charge in [-0.15, -0.1) is 0 Å². The molecule has 3 N–H and O–H groups in total. The zero-order valence-electron chi connectivity index (χ0n) is 10.3. The Morgan fingerprint density at radius 3 is 2.75 bits per heavy atom. The lowest BCUT2D eigenvalue weighted by molar-refractivity contribution is -0.120. The van der Waals surface area contributed by atoms with E-state index >= 15 is 0 Å². The van der Waals surface area contributed by atoms with Crippen LogP contribution in [0.25, 0.3) is 0 Å². The van der Waals surface area contributed by atoms with E-state index in [9.17, 15) is 9.90 Å². The molecular formula is C12H24N2O2. The van der Waals surface area contributed by atoms with E-state index in [1.807, 2.05) is 0 Å². The molecular weight excluding hydrogens is 204 g/mol. The highest BCUT2D eigenvalue weighted by molar-refractivity contribution is 5.77. The van der Waals surface area contributed by atoms with Gasteiger partial charge in [0.05, 0.1) is 12.6 Å². The first-order valence-corrected chi connectivity index (χ1v) is 6.25. The van der Waals surface area contributed by atoms with Gasteiger partial charge in [-0.2, -0.15) is 0 Å². The maximum absolute atomic E-state index is 11.4. The minimum atomic E-state index is -0.175. The number of amides is 1. The van der Waals surface area contributed by atoms with Gasteiger partial charge < -0.3 is 15.7 Å². The van der Waals surface area contributed by atoms with Gasteiger partial charge in [-0.3, -0.25) is 4.79 Å². The predicted octanol–water partition coefficient (Wildman–Crippen LogP) is 0.509. The van der Waals surface area contributed by atoms with E-state index in [2.05, 4.69) is 24.5 Å². The fourth-order valence-corrected chi connectivity index (χ4v) is 2.01. The molecule has 0 saturated heterocycles. The third-order valence-corrected chi connectivity index (χ3v) is 3.02. The molecule has 94 valence electrons. The van der Waals surface area contributed by atoms with Crippen LogP contribution in [0.5, 0.6) is 0 Å². The molecule has 0 spiro atoms. The Labute approximate surface area is 97.8 Å². The first-order valence-electron chi connectivity index (χ1n) is 6.25. The molecule has 1 fully saturated rings. The first kappa shape index (κ1) is 13.5. The maximum atomic E-state index is 11.4. The highest BCUT2D eigenvalue weighted by atomic mass is 16.3. The van der Waals surface area contributed by atoms with Crippen molar-refractivity contribution in [3.63, 3.8) is 0 Å². The second-order valence-corrected chi connectivity index (χ2v) is 5.09. The van der Waals surface area contributed by atoms with Crippen molar-refractivity contribution in [2.45, 2.75) is 39.2 Å². The molecule has 0 aromatic carbocycles. The van der Waals surface area contributed by atoms with Gasteiger partial charge in [0.2, 0.25) is 5.91 Å². The summed E-state index contributed by atoms with van der Waals surface area (Å²) in [6.45, 7) is 5.98. The molecule has 1 saturated carbocycles. The van der Waals surface area contributed by atoms with E-state index in [1.165, 1.54) is 0 Å². The average Bonchev–Trinajstić information content (AvgIpc) is 2.61. The molecule has 4 nitrogen and oxygen atoms in total. The third kappa shape index (κ3) is 4.94. The summed E-state index contributed by atoms with van der Waals surface area (Å²) in [5.74, 6) is 0.861. The summed E-state index contributed by atoms with van der Waals surface area (Å²) in [6.07, 6.45) is 2.91. The van der Waals surface area contributed by atoms with E-state index in [-0.39, 0.29) is 12.0 Å². The topological polar surface area (TPSA) is 61.4 Å². The van der Waals surface area contributed by atoms with Gasteiger partial charge in [-0.05, 0) is 24.7 Å². The number of hydrogen-bond acceptors (Lipinski definition) is 3. The zero-order valence-corrected chi connectivity index (χ0v) is 10.3. The number of aliphatic hydroxyl groups is 1. The lowest BCUT2D eigenvalue weighted by Crippen LogP contribution is -2.38. The summed E-state index contributed by atoms with van der Waals surface area (Å²) >= 11 is 0. The second kappa shape index (κ2) is 6.86. The lowest BCUT2D eigenvalue weighted by atomic mass is 10.1. The largest absolute Gasteiger partial charge is 0.393 e. The normalized spacial score (nSPS) is 25.0. The molecule has 1 aliphatic rings. The molecule has 0 heterocycles. The molecule has 0 radical (unpaired) electrons. The molecule has 4 heteroatoms. The van der Waals surface area contributed by atoms with E-state index in [0.717, 1.165) is 32.4 Å². The number of carbonyl (C=O) groups is 1. The molecule has 0 aromatic rings. The Morgan fingerprint density at radius 2 is 2.19 bits per heavy atom. The molecule has 0 bridgehead atoms. The number of rotatable bonds is 6. The van der Waals surface area contributed by atoms with E-state index in [1.54, 1.807) is 0 Å². The molecule has 16 heavy (non-hydrogen) atoms. The fourth-order valence-electron chi connectivity index (χ4n) is 2.01. The predicted molar refractivity (Wildman–Crippen MR) is 64.1 cm³/mol. The van der Waals surface area contributed by atoms with Crippen molar-refractivity contribution < 1.29 is 9.90 Å². The quantitative estimate of drug-likeness (QED) is 0.621. The SMILES string of the molecule is CC(C)CNC(=O)CNCC1CCCC1O. The van der Waals surface area contributed by atoms with Crippen LogP contribution in [0.15, 0.2) is 0 Å². The summed E-state index contributed by atoms with van der Waals surface area (Å²) < 4.78 is 0. The monoisotopic (exact) mass is 228 g/mol. The minimum Gasteiger partial charge on any atom is -0.393 e. The van der Waals surface area contributed by atoms with E-state index < -0.39 is 0 Å². The van der Waals surface area contributed by atoms with Gasteiger partial charge in [0.25, 0.3) is 0 Å². The Morgan fingerprint density at radius 1 is 1.44 bits per heavy atom. The van der Waals surface area contributed by atoms with Gasteiger partial charge in [0, 0.05) is 13.1 Å². The van der Waals surface area contributed by atoms with E-state index in [0.29, 0.717) is 18.4 Å². The lowest BCUT2D eigenvalue weighted by Gasteiger charge is -2.15. The van der Waals surface area contributed by atoms with Gasteiger partial charge in [0.1, 0.15) is 0 Å². The molecule has 2 atom stereocenters. The van der Waals surface area contributed by atoms with Crippen LogP contribution in [0.4, 0.5) is 0 Å². The van der Waals surface area contributed by atoms with Crippen LogP contribution in [-0.2, 0) is 4.79 Å². The molecule has 0 aliphatic heterocycles. The van der Waals surface area contributed by atoms with Crippen molar-refractivity contribution in [2.75, 3.05) is 19.6 Å². The Kier molecular flexibility index (Phi) is 5.77. The number of aliphatic hydroxyl groups excluding tert-OH is 1. The third-order valence-electron chi connectivity index (χ3n) is 3.02. The van der Waals surface area contributed by atoms with Crippen molar-refractivity contribution in [1.82, 2.24) is 10.6 Å². The summed E-state index contributed by atoms with van der Waals surface area (Å²) in [7, 11) is 0. The van der Waals surface area contributed by atoms with Crippen LogP contribution in [-0.4, -0.2) is 36.8 Å². The van der Waals surface area contributed by atoms with Crippen LogP contribution in [0.1, 0.15) is 33.1 Å². The van der Waals surface area contributed by atoms with Gasteiger partial charge in [0.15, 0.2) is 0 Å². The van der Waals surface area contributed by atoms with Crippen molar-refractivity contribution in [3.8, 4) is 0 Å². The number of nitrogens with one attached hydrogen (secondary N) is 2. The van der Waals surface area contributed by atoms with Crippen molar-refractivity contribution in [2.24, 2.45) is 11.8 Å². The van der Waals surface area contributed by atoms with Crippen LogP contribution in [0.2, 0.25) is 0 Å². The Bertz CT molecular complexity index is 219. The number of hydrogen-bond donors (Lipinski definition) is 3. The summed E-state index contributed by atoms with van der Waals surface area (Å²) in [4.78, 5) is 11.4. The second-order valence-electron chi connectivity index (χ2n) is 5.09. The highest BCUT2D eigenvalue weighted by Crippen LogP contribution is 2.24. The van der Waals surface area contributed by atoms with Crippen LogP contribution in [0.3, 0.4) is 0 Å². The van der Waals surface area contributed by atoms with Gasteiger partial charge >= 0.3 is 0 Å². The molecule has 2 unspecified atom stereocenters. The maximum Gasteiger partial charge on any atom is 0.233 e. The van der Waals surface area contributed by atoms with Crippen molar-refractivity contribution in [3.05, 3.63) is 0 Å². The number of carbonyl (C=O) groups excluding carboxylic acids is 1. The van der Waals surface area contributed by atoms with Crippen LogP contribution in [0, 0.1) is 11.8 Å². The highest BCUT2D eigenvalue weighted by Gasteiger charge is 2.24. The van der Waals surface area contributed by atoms with Gasteiger partial charge in [-0.25, -0.2) is 0 Å². The molecule has 1 rings (SSSR count). The average molecular weight is 228 g/mol. The van der Waals surface area contributed by atoms with Crippen LogP contribution < -0.4 is 10.6 Å². The van der Waals surface area contributed by atoms with Crippen molar-refractivity contribution >= 4 is 5.91 Å².